The number of nitrogens with one attached hydrogen (secondary N) is 1. The van der Waals surface area contributed by atoms with Crippen molar-refractivity contribution < 1.29 is 43.4 Å². The SMILES string of the molecule is CCN1CCC(OCCCNC(=O)[C@@H]2[C@H](c3cc(OC)c(OC)c(OC)c3)c3cc4c(cc3[C@H](O)[C@H]2CO)OCO4)CC1. The fourth-order valence-electron chi connectivity index (χ4n) is 6.64. The standard InChI is InChI=1S/C32H44N2O9/c1-5-34-10-7-20(8-11-34)41-12-6-9-33-32(37)29-23(17-35)30(36)22-16-25-24(42-18-43-25)15-21(22)28(29)19-13-26(38-2)31(40-4)27(14-19)39-3/h13-16,20,23,28-30,35-36H,5-12,17-18H2,1-4H3,(H,33,37)/t23-,28+,29-,30-/m0/s1. The predicted octanol–water partition coefficient (Wildman–Crippen LogP) is 2.85. The Labute approximate surface area is 253 Å². The summed E-state index contributed by atoms with van der Waals surface area (Å²) in [4.78, 5) is 16.4. The number of piperidine rings is 1. The van der Waals surface area contributed by atoms with Gasteiger partial charge in [-0.3, -0.25) is 4.79 Å². The van der Waals surface area contributed by atoms with Gasteiger partial charge in [-0.15, -0.1) is 0 Å². The minimum atomic E-state index is -1.10. The molecular formula is C32H44N2O9. The molecule has 1 saturated heterocycles. The zero-order chi connectivity index (χ0) is 30.5. The molecule has 1 aliphatic carbocycles. The lowest BCUT2D eigenvalue weighted by Gasteiger charge is -2.41. The van der Waals surface area contributed by atoms with Gasteiger partial charge in [0.1, 0.15) is 0 Å². The van der Waals surface area contributed by atoms with Crippen LogP contribution < -0.4 is 29.0 Å². The van der Waals surface area contributed by atoms with Crippen LogP contribution in [0.15, 0.2) is 24.3 Å². The van der Waals surface area contributed by atoms with Crippen LogP contribution in [-0.4, -0.2) is 94.6 Å². The molecule has 2 aromatic carbocycles. The first kappa shape index (κ1) is 31.2. The van der Waals surface area contributed by atoms with E-state index in [1.165, 1.54) is 21.3 Å². The number of aliphatic hydroxyl groups excluding tert-OH is 2. The normalized spacial score (nSPS) is 23.5. The summed E-state index contributed by atoms with van der Waals surface area (Å²) in [6, 6.07) is 7.18. The van der Waals surface area contributed by atoms with Crippen molar-refractivity contribution in [3.8, 4) is 28.7 Å². The molecule has 2 aromatic rings. The third-order valence-electron chi connectivity index (χ3n) is 8.97. The largest absolute Gasteiger partial charge is 0.493 e. The van der Waals surface area contributed by atoms with E-state index < -0.39 is 30.5 Å². The Kier molecular flexibility index (Phi) is 10.2. The molecule has 4 atom stereocenters. The summed E-state index contributed by atoms with van der Waals surface area (Å²) in [5.41, 5.74) is 1.99. The van der Waals surface area contributed by atoms with Crippen LogP contribution in [-0.2, 0) is 9.53 Å². The number of carbonyl (C=O) groups excluding carboxylic acids is 1. The van der Waals surface area contributed by atoms with Gasteiger partial charge in [0.2, 0.25) is 18.4 Å². The van der Waals surface area contributed by atoms with Gasteiger partial charge in [0, 0.05) is 44.7 Å². The number of benzene rings is 2. The second-order valence-corrected chi connectivity index (χ2v) is 11.2. The predicted molar refractivity (Wildman–Crippen MR) is 158 cm³/mol. The molecule has 11 nitrogen and oxygen atoms in total. The molecule has 43 heavy (non-hydrogen) atoms. The molecule has 3 aliphatic rings. The van der Waals surface area contributed by atoms with E-state index in [2.05, 4.69) is 17.1 Å². The van der Waals surface area contributed by atoms with E-state index in [4.69, 9.17) is 28.4 Å². The van der Waals surface area contributed by atoms with Crippen molar-refractivity contribution in [3.05, 3.63) is 41.0 Å². The fourth-order valence-corrected chi connectivity index (χ4v) is 6.64. The highest BCUT2D eigenvalue weighted by atomic mass is 16.7. The van der Waals surface area contributed by atoms with Crippen LogP contribution in [0.25, 0.3) is 0 Å². The highest BCUT2D eigenvalue weighted by Crippen LogP contribution is 2.53. The molecule has 236 valence electrons. The van der Waals surface area contributed by atoms with Gasteiger partial charge in [-0.1, -0.05) is 6.92 Å². The second-order valence-electron chi connectivity index (χ2n) is 11.2. The van der Waals surface area contributed by atoms with Gasteiger partial charge in [0.05, 0.1) is 39.5 Å². The van der Waals surface area contributed by atoms with Crippen LogP contribution in [0.5, 0.6) is 28.7 Å². The molecule has 0 unspecified atom stereocenters. The van der Waals surface area contributed by atoms with Crippen LogP contribution >= 0.6 is 0 Å². The smallest absolute Gasteiger partial charge is 0.231 e. The Morgan fingerprint density at radius 2 is 1.65 bits per heavy atom. The first-order chi connectivity index (χ1) is 20.9. The Morgan fingerprint density at radius 1 is 1.00 bits per heavy atom. The Bertz CT molecular complexity index is 1240. The molecule has 1 fully saturated rings. The van der Waals surface area contributed by atoms with Gasteiger partial charge in [0.15, 0.2) is 23.0 Å². The monoisotopic (exact) mass is 600 g/mol. The molecular weight excluding hydrogens is 556 g/mol. The average Bonchev–Trinajstić information content (AvgIpc) is 3.50. The van der Waals surface area contributed by atoms with Crippen molar-refractivity contribution in [2.75, 3.05) is 67.5 Å². The van der Waals surface area contributed by atoms with Crippen molar-refractivity contribution >= 4 is 5.91 Å². The highest BCUT2D eigenvalue weighted by molar-refractivity contribution is 5.82. The van der Waals surface area contributed by atoms with E-state index in [0.717, 1.165) is 32.5 Å². The van der Waals surface area contributed by atoms with E-state index in [1.807, 2.05) is 18.2 Å². The topological polar surface area (TPSA) is 128 Å². The van der Waals surface area contributed by atoms with Gasteiger partial charge in [-0.2, -0.15) is 0 Å². The maximum Gasteiger partial charge on any atom is 0.231 e. The third-order valence-corrected chi connectivity index (χ3v) is 8.97. The Hall–Kier alpha value is -3.25. The summed E-state index contributed by atoms with van der Waals surface area (Å²) in [5.74, 6) is -0.0789. The highest BCUT2D eigenvalue weighted by Gasteiger charge is 2.47. The quantitative estimate of drug-likeness (QED) is 0.313. The van der Waals surface area contributed by atoms with Gasteiger partial charge in [0.25, 0.3) is 0 Å². The summed E-state index contributed by atoms with van der Waals surface area (Å²) < 4.78 is 34.1. The summed E-state index contributed by atoms with van der Waals surface area (Å²) in [7, 11) is 4.60. The van der Waals surface area contributed by atoms with Gasteiger partial charge in [-0.05, 0) is 66.8 Å². The van der Waals surface area contributed by atoms with E-state index >= 15 is 0 Å². The number of carbonyl (C=O) groups is 1. The number of nitrogens with zero attached hydrogens (tertiary/aromatic N) is 1. The summed E-state index contributed by atoms with van der Waals surface area (Å²) in [6.07, 6.45) is 1.85. The first-order valence-electron chi connectivity index (χ1n) is 15.1. The molecule has 0 aromatic heterocycles. The lowest BCUT2D eigenvalue weighted by atomic mass is 9.64. The molecule has 11 heteroatoms. The molecule has 0 spiro atoms. The van der Waals surface area contributed by atoms with Crippen LogP contribution in [0.1, 0.15) is 54.9 Å². The van der Waals surface area contributed by atoms with Crippen LogP contribution in [0.2, 0.25) is 0 Å². The second kappa shape index (κ2) is 14.0. The average molecular weight is 601 g/mol. The lowest BCUT2D eigenvalue weighted by Crippen LogP contribution is -2.45. The van der Waals surface area contributed by atoms with Crippen LogP contribution in [0.4, 0.5) is 0 Å². The number of rotatable bonds is 12. The summed E-state index contributed by atoms with van der Waals surface area (Å²) >= 11 is 0. The number of ether oxygens (including phenoxy) is 6. The Balaban J connectivity index is 1.41. The number of hydrogen-bond acceptors (Lipinski definition) is 10. The van der Waals surface area contributed by atoms with Crippen LogP contribution in [0, 0.1) is 11.8 Å². The summed E-state index contributed by atoms with van der Waals surface area (Å²) in [6.45, 7) is 5.97. The zero-order valence-electron chi connectivity index (χ0n) is 25.5. The number of methoxy groups -OCH3 is 3. The maximum absolute atomic E-state index is 14.0. The summed E-state index contributed by atoms with van der Waals surface area (Å²) in [5, 5.41) is 25.1. The van der Waals surface area contributed by atoms with Crippen molar-refractivity contribution in [1.29, 1.82) is 0 Å². The zero-order valence-corrected chi connectivity index (χ0v) is 25.5. The first-order valence-corrected chi connectivity index (χ1v) is 15.1. The molecule has 3 N–H and O–H groups in total. The molecule has 2 heterocycles. The molecule has 1 amide bonds. The van der Waals surface area contributed by atoms with E-state index in [0.29, 0.717) is 65.0 Å². The maximum atomic E-state index is 14.0. The molecule has 0 radical (unpaired) electrons. The number of amides is 1. The van der Waals surface area contributed by atoms with Crippen molar-refractivity contribution in [2.24, 2.45) is 11.8 Å². The third kappa shape index (κ3) is 6.35. The van der Waals surface area contributed by atoms with Gasteiger partial charge in [-0.25, -0.2) is 0 Å². The van der Waals surface area contributed by atoms with E-state index in [9.17, 15) is 15.0 Å². The minimum Gasteiger partial charge on any atom is -0.493 e. The van der Waals surface area contributed by atoms with Gasteiger partial charge < -0.3 is 48.9 Å². The van der Waals surface area contributed by atoms with E-state index in [1.54, 1.807) is 6.07 Å². The van der Waals surface area contributed by atoms with Gasteiger partial charge >= 0.3 is 0 Å². The van der Waals surface area contributed by atoms with Crippen molar-refractivity contribution in [3.63, 3.8) is 0 Å². The minimum absolute atomic E-state index is 0.0658. The van der Waals surface area contributed by atoms with Crippen molar-refractivity contribution in [2.45, 2.75) is 44.3 Å². The number of fused-ring (bicyclic) bond motifs is 2. The Morgan fingerprint density at radius 3 is 2.23 bits per heavy atom. The lowest BCUT2D eigenvalue weighted by molar-refractivity contribution is -0.131. The number of likely N-dealkylation sites (tertiary alicyclic amines) is 1. The number of aliphatic hydroxyl groups is 2. The molecule has 2 aliphatic heterocycles. The van der Waals surface area contributed by atoms with Crippen molar-refractivity contribution in [1.82, 2.24) is 10.2 Å². The molecule has 0 saturated carbocycles. The number of hydrogen-bond donors (Lipinski definition) is 3. The van der Waals surface area contributed by atoms with E-state index in [-0.39, 0.29) is 18.8 Å². The fraction of sp³-hybridized carbons (Fsp3) is 0.594. The molecule has 5 rings (SSSR count). The molecule has 0 bridgehead atoms. The van der Waals surface area contributed by atoms with Crippen LogP contribution in [0.3, 0.4) is 0 Å².